The molecule has 10 heteroatoms. The number of amides is 1. The number of aliphatic imine (C=N–C) groups is 1. The number of aryl methyl sites for hydroxylation is 1. The minimum atomic E-state index is -1.42. The summed E-state index contributed by atoms with van der Waals surface area (Å²) in [4.78, 5) is 22.5. The third-order valence-corrected chi connectivity index (χ3v) is 7.57. The van der Waals surface area contributed by atoms with Gasteiger partial charge in [-0.3, -0.25) is 10.2 Å². The molecule has 2 atom stereocenters. The summed E-state index contributed by atoms with van der Waals surface area (Å²) >= 11 is 0. The monoisotopic (exact) mass is 604 g/mol. The van der Waals surface area contributed by atoms with Gasteiger partial charge in [0.1, 0.15) is 5.75 Å². The van der Waals surface area contributed by atoms with E-state index in [2.05, 4.69) is 26.9 Å². The SMILES string of the molecule is Cc1cccc(CNNC(=O)[C@@]2(Cc3ccccc3)N=C(c3ccc(OCCCO)cc3)O[C@H]2c2ccccc2CN=[N+]=[N-])c1. The zero-order valence-corrected chi connectivity index (χ0v) is 25.1. The molecule has 3 N–H and O–H groups in total. The minimum absolute atomic E-state index is 0.0523. The Morgan fingerprint density at radius 2 is 1.78 bits per heavy atom. The van der Waals surface area contributed by atoms with E-state index < -0.39 is 11.6 Å². The van der Waals surface area contributed by atoms with Crippen LogP contribution in [0.25, 0.3) is 10.4 Å². The number of hydrogen-bond donors (Lipinski definition) is 3. The maximum absolute atomic E-state index is 14.4. The predicted molar refractivity (Wildman–Crippen MR) is 172 cm³/mol. The standard InChI is InChI=1S/C35H36N6O4/c1-25-9-7-12-27(21-25)23-37-40-34(43)35(22-26-10-3-2-4-11-26)32(31-14-6-5-13-29(31)24-38-41-36)45-33(39-35)28-15-17-30(18-16-28)44-20-8-19-42/h2-7,9-18,21,32,37,42H,8,19-20,22-24H2,1H3,(H,40,43)/t32-,35-/m0/s1. The quantitative estimate of drug-likeness (QED) is 0.0541. The molecular formula is C35H36N6O4. The van der Waals surface area contributed by atoms with E-state index in [4.69, 9.17) is 25.1 Å². The fourth-order valence-corrected chi connectivity index (χ4v) is 5.36. The molecule has 5 rings (SSSR count). The first-order valence-electron chi connectivity index (χ1n) is 14.8. The van der Waals surface area contributed by atoms with Gasteiger partial charge in [0.2, 0.25) is 5.90 Å². The molecule has 1 aliphatic rings. The van der Waals surface area contributed by atoms with Crippen molar-refractivity contribution >= 4 is 11.8 Å². The van der Waals surface area contributed by atoms with Gasteiger partial charge in [0, 0.05) is 36.5 Å². The highest BCUT2D eigenvalue weighted by Gasteiger charge is 2.53. The largest absolute Gasteiger partial charge is 0.494 e. The molecule has 4 aromatic rings. The van der Waals surface area contributed by atoms with Crippen molar-refractivity contribution in [2.75, 3.05) is 13.2 Å². The first-order chi connectivity index (χ1) is 22.0. The lowest BCUT2D eigenvalue weighted by Crippen LogP contribution is -2.53. The Bertz CT molecular complexity index is 1670. The van der Waals surface area contributed by atoms with Crippen LogP contribution in [0.4, 0.5) is 0 Å². The van der Waals surface area contributed by atoms with Crippen LogP contribution in [0.2, 0.25) is 0 Å². The number of rotatable bonds is 14. The summed E-state index contributed by atoms with van der Waals surface area (Å²) < 4.78 is 12.3. The number of carbonyl (C=O) groups is 1. The van der Waals surface area contributed by atoms with E-state index in [9.17, 15) is 4.79 Å². The van der Waals surface area contributed by atoms with E-state index in [1.165, 1.54) is 0 Å². The molecule has 0 saturated carbocycles. The molecule has 0 unspecified atom stereocenters. The number of hydrogen-bond acceptors (Lipinski definition) is 7. The zero-order chi connectivity index (χ0) is 31.5. The third kappa shape index (κ3) is 7.69. The van der Waals surface area contributed by atoms with Gasteiger partial charge in [0.25, 0.3) is 5.91 Å². The summed E-state index contributed by atoms with van der Waals surface area (Å²) in [5.74, 6) is 0.600. The fourth-order valence-electron chi connectivity index (χ4n) is 5.36. The average molecular weight is 605 g/mol. The van der Waals surface area contributed by atoms with Crippen molar-refractivity contribution in [1.82, 2.24) is 10.9 Å². The van der Waals surface area contributed by atoms with Crippen LogP contribution in [0, 0.1) is 6.92 Å². The molecule has 45 heavy (non-hydrogen) atoms. The van der Waals surface area contributed by atoms with Crippen LogP contribution in [0.3, 0.4) is 0 Å². The zero-order valence-electron chi connectivity index (χ0n) is 25.1. The van der Waals surface area contributed by atoms with Crippen LogP contribution in [0.5, 0.6) is 5.75 Å². The fraction of sp³-hybridized carbons (Fsp3) is 0.257. The van der Waals surface area contributed by atoms with E-state index in [1.54, 1.807) is 0 Å². The number of nitrogens with zero attached hydrogens (tertiary/aromatic N) is 4. The Labute approximate surface area is 262 Å². The van der Waals surface area contributed by atoms with Crippen molar-refractivity contribution in [1.29, 1.82) is 0 Å². The lowest BCUT2D eigenvalue weighted by molar-refractivity contribution is -0.130. The molecular weight excluding hydrogens is 568 g/mol. The Hall–Kier alpha value is -5.15. The number of azide groups is 1. The smallest absolute Gasteiger partial charge is 0.266 e. The Morgan fingerprint density at radius 1 is 1.02 bits per heavy atom. The number of benzene rings is 4. The average Bonchev–Trinajstić information content (AvgIpc) is 3.45. The summed E-state index contributed by atoms with van der Waals surface area (Å²) in [5, 5.41) is 12.9. The number of hydrazine groups is 1. The highest BCUT2D eigenvalue weighted by atomic mass is 16.5. The van der Waals surface area contributed by atoms with Crippen LogP contribution in [0.15, 0.2) is 113 Å². The number of ether oxygens (including phenoxy) is 2. The Kier molecular flexibility index (Phi) is 10.4. The summed E-state index contributed by atoms with van der Waals surface area (Å²) in [6, 6.07) is 32.5. The molecule has 230 valence electrons. The maximum Gasteiger partial charge on any atom is 0.266 e. The highest BCUT2D eigenvalue weighted by Crippen LogP contribution is 2.43. The topological polar surface area (TPSA) is 141 Å². The van der Waals surface area contributed by atoms with Crippen molar-refractivity contribution in [3.63, 3.8) is 0 Å². The molecule has 1 heterocycles. The first-order valence-corrected chi connectivity index (χ1v) is 14.8. The normalized spacial score (nSPS) is 17.1. The van der Waals surface area contributed by atoms with Crippen LogP contribution in [-0.4, -0.2) is 35.7 Å². The second-order valence-corrected chi connectivity index (χ2v) is 10.8. The van der Waals surface area contributed by atoms with Gasteiger partial charge in [0.05, 0.1) is 13.2 Å². The Morgan fingerprint density at radius 3 is 2.53 bits per heavy atom. The first kappa shape index (κ1) is 31.3. The number of nitrogens with one attached hydrogen (secondary N) is 2. The lowest BCUT2D eigenvalue weighted by atomic mass is 9.81. The predicted octanol–water partition coefficient (Wildman–Crippen LogP) is 5.89. The van der Waals surface area contributed by atoms with Crippen LogP contribution in [-0.2, 0) is 29.0 Å². The second kappa shape index (κ2) is 15.0. The summed E-state index contributed by atoms with van der Waals surface area (Å²) in [7, 11) is 0. The van der Waals surface area contributed by atoms with E-state index in [-0.39, 0.29) is 25.5 Å². The molecule has 1 aliphatic heterocycles. The van der Waals surface area contributed by atoms with Gasteiger partial charge in [-0.15, -0.1) is 0 Å². The summed E-state index contributed by atoms with van der Waals surface area (Å²) in [6.45, 7) is 2.98. The van der Waals surface area contributed by atoms with Crippen LogP contribution >= 0.6 is 0 Å². The molecule has 10 nitrogen and oxygen atoms in total. The number of aliphatic hydroxyl groups is 1. The van der Waals surface area contributed by atoms with E-state index in [0.717, 1.165) is 22.3 Å². The lowest BCUT2D eigenvalue weighted by Gasteiger charge is -2.31. The number of aliphatic hydroxyl groups excluding tert-OH is 1. The van der Waals surface area contributed by atoms with Crippen LogP contribution in [0.1, 0.15) is 45.9 Å². The van der Waals surface area contributed by atoms with Crippen LogP contribution < -0.4 is 15.6 Å². The maximum atomic E-state index is 14.4. The highest BCUT2D eigenvalue weighted by molar-refractivity contribution is 6.01. The van der Waals surface area contributed by atoms with Crippen molar-refractivity contribution < 1.29 is 19.4 Å². The molecule has 0 aromatic heterocycles. The van der Waals surface area contributed by atoms with Gasteiger partial charge in [-0.05, 0) is 59.0 Å². The second-order valence-electron chi connectivity index (χ2n) is 10.8. The molecule has 0 saturated heterocycles. The molecule has 0 fully saturated rings. The summed E-state index contributed by atoms with van der Waals surface area (Å²) in [5.41, 5.74) is 18.9. The minimum Gasteiger partial charge on any atom is -0.494 e. The van der Waals surface area contributed by atoms with Gasteiger partial charge in [-0.1, -0.05) is 89.5 Å². The van der Waals surface area contributed by atoms with E-state index >= 15 is 0 Å². The molecule has 0 bridgehead atoms. The van der Waals surface area contributed by atoms with E-state index in [1.807, 2.05) is 104 Å². The third-order valence-electron chi connectivity index (χ3n) is 7.57. The van der Waals surface area contributed by atoms with Crippen molar-refractivity contribution in [3.8, 4) is 5.75 Å². The van der Waals surface area contributed by atoms with Gasteiger partial charge in [-0.2, -0.15) is 0 Å². The van der Waals surface area contributed by atoms with Gasteiger partial charge in [-0.25, -0.2) is 10.4 Å². The van der Waals surface area contributed by atoms with Crippen molar-refractivity contribution in [3.05, 3.63) is 147 Å². The Balaban J connectivity index is 1.55. The van der Waals surface area contributed by atoms with Gasteiger partial charge < -0.3 is 14.6 Å². The van der Waals surface area contributed by atoms with E-state index in [0.29, 0.717) is 42.3 Å². The number of carbonyl (C=O) groups excluding carboxylic acids is 1. The molecule has 1 amide bonds. The summed E-state index contributed by atoms with van der Waals surface area (Å²) in [6.07, 6.45) is -0.0547. The van der Waals surface area contributed by atoms with Crippen molar-refractivity contribution in [2.24, 2.45) is 10.1 Å². The molecule has 0 radical (unpaired) electrons. The van der Waals surface area contributed by atoms with Gasteiger partial charge >= 0.3 is 0 Å². The molecule has 0 spiro atoms. The molecule has 4 aromatic carbocycles. The van der Waals surface area contributed by atoms with Crippen molar-refractivity contribution in [2.45, 2.75) is 44.5 Å². The molecule has 0 aliphatic carbocycles. The van der Waals surface area contributed by atoms with Gasteiger partial charge in [0.15, 0.2) is 11.6 Å².